The summed E-state index contributed by atoms with van der Waals surface area (Å²) in [6.45, 7) is 5.87. The molecule has 0 bridgehead atoms. The van der Waals surface area contributed by atoms with E-state index in [-0.39, 0.29) is 5.82 Å². The van der Waals surface area contributed by atoms with Crippen LogP contribution in [0, 0.1) is 11.7 Å². The lowest BCUT2D eigenvalue weighted by molar-refractivity contribution is 0.457. The monoisotopic (exact) mass is 344 g/mol. The van der Waals surface area contributed by atoms with Gasteiger partial charge in [-0.1, -0.05) is 26.0 Å². The largest absolute Gasteiger partial charge is 0.439 e. The predicted octanol–water partition coefficient (Wildman–Crippen LogP) is 3.72. The highest BCUT2D eigenvalue weighted by Crippen LogP contribution is 2.19. The van der Waals surface area contributed by atoms with Gasteiger partial charge in [0.1, 0.15) is 11.6 Å². The van der Waals surface area contributed by atoms with Gasteiger partial charge in [0.05, 0.1) is 0 Å². The first kappa shape index (κ1) is 18.7. The van der Waals surface area contributed by atoms with Crippen LogP contribution >= 0.6 is 0 Å². The zero-order chi connectivity index (χ0) is 18.1. The van der Waals surface area contributed by atoms with Gasteiger partial charge >= 0.3 is 0 Å². The Morgan fingerprint density at radius 2 is 2.08 bits per heavy atom. The van der Waals surface area contributed by atoms with Gasteiger partial charge in [-0.3, -0.25) is 4.99 Å². The van der Waals surface area contributed by atoms with E-state index < -0.39 is 0 Å². The highest BCUT2D eigenvalue weighted by Gasteiger charge is 2.02. The Kier molecular flexibility index (Phi) is 7.19. The maximum Gasteiger partial charge on any atom is 0.219 e. The fraction of sp³-hybridized carbons (Fsp3) is 0.368. The van der Waals surface area contributed by atoms with E-state index in [1.807, 2.05) is 6.07 Å². The van der Waals surface area contributed by atoms with Crippen molar-refractivity contribution in [1.82, 2.24) is 15.6 Å². The maximum atomic E-state index is 13.2. The summed E-state index contributed by atoms with van der Waals surface area (Å²) >= 11 is 0. The molecule has 0 saturated carbocycles. The van der Waals surface area contributed by atoms with Gasteiger partial charge in [0.15, 0.2) is 5.96 Å². The van der Waals surface area contributed by atoms with E-state index in [2.05, 4.69) is 34.5 Å². The molecule has 0 unspecified atom stereocenters. The molecule has 5 nitrogen and oxygen atoms in total. The number of rotatable bonds is 7. The van der Waals surface area contributed by atoms with Crippen LogP contribution in [0.2, 0.25) is 0 Å². The van der Waals surface area contributed by atoms with E-state index >= 15 is 0 Å². The first-order valence-corrected chi connectivity index (χ1v) is 8.39. The molecule has 25 heavy (non-hydrogen) atoms. The number of hydrogen-bond donors (Lipinski definition) is 2. The fourth-order valence-electron chi connectivity index (χ4n) is 2.11. The normalized spacial score (nSPS) is 11.5. The molecule has 0 spiro atoms. The van der Waals surface area contributed by atoms with E-state index in [0.29, 0.717) is 24.1 Å². The molecule has 0 aliphatic heterocycles. The number of nitrogens with one attached hydrogen (secondary N) is 2. The molecule has 0 atom stereocenters. The molecule has 0 amide bonds. The summed E-state index contributed by atoms with van der Waals surface area (Å²) in [6, 6.07) is 9.65. The summed E-state index contributed by atoms with van der Waals surface area (Å²) in [6.07, 6.45) is 2.82. The average molecular weight is 344 g/mol. The van der Waals surface area contributed by atoms with Crippen LogP contribution in [0.3, 0.4) is 0 Å². The van der Waals surface area contributed by atoms with Crippen molar-refractivity contribution in [1.29, 1.82) is 0 Å². The van der Waals surface area contributed by atoms with Crippen LogP contribution in [0.25, 0.3) is 0 Å². The quantitative estimate of drug-likeness (QED) is 0.594. The van der Waals surface area contributed by atoms with Gasteiger partial charge < -0.3 is 15.4 Å². The van der Waals surface area contributed by atoms with Crippen molar-refractivity contribution in [3.8, 4) is 11.6 Å². The summed E-state index contributed by atoms with van der Waals surface area (Å²) in [7, 11) is 1.75. The summed E-state index contributed by atoms with van der Waals surface area (Å²) < 4.78 is 18.7. The van der Waals surface area contributed by atoms with Crippen molar-refractivity contribution < 1.29 is 9.13 Å². The second-order valence-electron chi connectivity index (χ2n) is 6.10. The third kappa shape index (κ3) is 6.79. The van der Waals surface area contributed by atoms with Gasteiger partial charge in [-0.15, -0.1) is 0 Å². The van der Waals surface area contributed by atoms with Gasteiger partial charge in [0, 0.05) is 38.5 Å². The molecular formula is C19H25FN4O. The van der Waals surface area contributed by atoms with E-state index in [1.165, 1.54) is 12.1 Å². The second kappa shape index (κ2) is 9.61. The molecule has 2 N–H and O–H groups in total. The minimum atomic E-state index is -0.338. The van der Waals surface area contributed by atoms with Crippen LogP contribution in [0.1, 0.15) is 25.8 Å². The first-order valence-electron chi connectivity index (χ1n) is 8.39. The van der Waals surface area contributed by atoms with Gasteiger partial charge in [-0.25, -0.2) is 9.37 Å². The number of nitrogens with zero attached hydrogens (tertiary/aromatic N) is 2. The molecule has 0 radical (unpaired) electrons. The lowest BCUT2D eigenvalue weighted by Gasteiger charge is -2.13. The minimum Gasteiger partial charge on any atom is -0.439 e. The molecule has 6 heteroatoms. The van der Waals surface area contributed by atoms with Gasteiger partial charge in [-0.05, 0) is 30.0 Å². The second-order valence-corrected chi connectivity index (χ2v) is 6.10. The van der Waals surface area contributed by atoms with Crippen LogP contribution in [0.15, 0.2) is 47.6 Å². The predicted molar refractivity (Wildman–Crippen MR) is 98.4 cm³/mol. The lowest BCUT2D eigenvalue weighted by atomic mass is 10.1. The van der Waals surface area contributed by atoms with Crippen molar-refractivity contribution in [2.24, 2.45) is 10.9 Å². The zero-order valence-corrected chi connectivity index (χ0v) is 14.9. The Bertz CT molecular complexity index is 686. The standard InChI is InChI=1S/C19H25FN4O/c1-14(2)9-10-22-19(21-3)24-13-15-7-8-18(23-12-15)25-17-6-4-5-16(20)11-17/h4-8,11-12,14H,9-10,13H2,1-3H3,(H2,21,22,24). The smallest absolute Gasteiger partial charge is 0.219 e. The number of halogens is 1. The van der Waals surface area contributed by atoms with Gasteiger partial charge in [0.25, 0.3) is 0 Å². The third-order valence-corrected chi connectivity index (χ3v) is 3.51. The Morgan fingerprint density at radius 3 is 2.72 bits per heavy atom. The van der Waals surface area contributed by atoms with E-state index in [0.717, 1.165) is 24.5 Å². The highest BCUT2D eigenvalue weighted by atomic mass is 19.1. The zero-order valence-electron chi connectivity index (χ0n) is 14.9. The molecule has 0 fully saturated rings. The molecule has 0 saturated heterocycles. The molecule has 1 aromatic heterocycles. The fourth-order valence-corrected chi connectivity index (χ4v) is 2.11. The number of guanidine groups is 1. The number of ether oxygens (including phenoxy) is 1. The summed E-state index contributed by atoms with van der Waals surface area (Å²) in [5, 5.41) is 6.52. The first-order chi connectivity index (χ1) is 12.1. The number of hydrogen-bond acceptors (Lipinski definition) is 3. The molecule has 2 aromatic rings. The summed E-state index contributed by atoms with van der Waals surface area (Å²) in [5.74, 6) is 1.93. The third-order valence-electron chi connectivity index (χ3n) is 3.51. The van der Waals surface area contributed by atoms with E-state index in [1.54, 1.807) is 31.4 Å². The van der Waals surface area contributed by atoms with Crippen LogP contribution in [0.5, 0.6) is 11.6 Å². The van der Waals surface area contributed by atoms with Crippen LogP contribution < -0.4 is 15.4 Å². The Hall–Kier alpha value is -2.63. The highest BCUT2D eigenvalue weighted by molar-refractivity contribution is 5.79. The van der Waals surface area contributed by atoms with Crippen molar-refractivity contribution in [3.05, 3.63) is 54.0 Å². The topological polar surface area (TPSA) is 58.5 Å². The SMILES string of the molecule is CN=C(NCCC(C)C)NCc1ccc(Oc2cccc(F)c2)nc1. The van der Waals surface area contributed by atoms with Crippen LogP contribution in [0.4, 0.5) is 4.39 Å². The van der Waals surface area contributed by atoms with Crippen molar-refractivity contribution in [2.45, 2.75) is 26.8 Å². The molecule has 134 valence electrons. The van der Waals surface area contributed by atoms with E-state index in [4.69, 9.17) is 4.74 Å². The average Bonchev–Trinajstić information content (AvgIpc) is 2.59. The molecule has 2 rings (SSSR count). The summed E-state index contributed by atoms with van der Waals surface area (Å²) in [5.41, 5.74) is 0.999. The van der Waals surface area contributed by atoms with Crippen molar-refractivity contribution in [2.75, 3.05) is 13.6 Å². The molecule has 0 aliphatic rings. The summed E-state index contributed by atoms with van der Waals surface area (Å²) in [4.78, 5) is 8.44. The number of aliphatic imine (C=N–C) groups is 1. The lowest BCUT2D eigenvalue weighted by Crippen LogP contribution is -2.37. The maximum absolute atomic E-state index is 13.2. The number of pyridine rings is 1. The van der Waals surface area contributed by atoms with Crippen LogP contribution in [-0.2, 0) is 6.54 Å². The molecule has 1 aromatic carbocycles. The number of benzene rings is 1. The van der Waals surface area contributed by atoms with Crippen molar-refractivity contribution >= 4 is 5.96 Å². The Morgan fingerprint density at radius 1 is 1.24 bits per heavy atom. The molecular weight excluding hydrogens is 319 g/mol. The van der Waals surface area contributed by atoms with Gasteiger partial charge in [0.2, 0.25) is 5.88 Å². The number of aromatic nitrogens is 1. The molecule has 0 aliphatic carbocycles. The minimum absolute atomic E-state index is 0.338. The Balaban J connectivity index is 1.83. The Labute approximate surface area is 148 Å². The van der Waals surface area contributed by atoms with Gasteiger partial charge in [-0.2, -0.15) is 0 Å². The van der Waals surface area contributed by atoms with E-state index in [9.17, 15) is 4.39 Å². The van der Waals surface area contributed by atoms with Crippen molar-refractivity contribution in [3.63, 3.8) is 0 Å². The van der Waals surface area contributed by atoms with Crippen LogP contribution in [-0.4, -0.2) is 24.5 Å². The molecule has 1 heterocycles.